The number of likely N-dealkylation sites (N-methyl/N-ethyl adjacent to an activating group) is 1. The normalized spacial score (nSPS) is 23.5. The summed E-state index contributed by atoms with van der Waals surface area (Å²) in [7, 11) is 2.88. The van der Waals surface area contributed by atoms with Crippen molar-refractivity contribution in [2.24, 2.45) is 0 Å². The number of amides is 7. The van der Waals surface area contributed by atoms with Crippen molar-refractivity contribution >= 4 is 69.4 Å². The van der Waals surface area contributed by atoms with Crippen molar-refractivity contribution in [3.63, 3.8) is 0 Å². The topological polar surface area (TPSA) is 250 Å². The number of Topliss-reactive ketones (excluding diaryl/α,β-unsaturated/α-hetero) is 1. The highest BCUT2D eigenvalue weighted by atomic mass is 32.1. The lowest BCUT2D eigenvalue weighted by molar-refractivity contribution is -0.141. The number of methoxy groups -OCH3 is 1. The lowest BCUT2D eigenvalue weighted by Gasteiger charge is -2.29. The molecule has 1 aliphatic heterocycles. The first kappa shape index (κ1) is 41.6. The van der Waals surface area contributed by atoms with Gasteiger partial charge in [0.25, 0.3) is 17.7 Å². The minimum atomic E-state index is -2.20. The van der Waals surface area contributed by atoms with Gasteiger partial charge in [-0.1, -0.05) is 25.1 Å². The van der Waals surface area contributed by atoms with Crippen LogP contribution in [-0.2, 0) is 40.0 Å². The summed E-state index contributed by atoms with van der Waals surface area (Å²) in [6.45, 7) is 5.92. The molecule has 0 aliphatic carbocycles. The molecule has 18 nitrogen and oxygen atoms in total. The fraction of sp³-hybridized carbons (Fsp3) is 0.417. The Hall–Kier alpha value is -6.11. The third-order valence-electron chi connectivity index (χ3n) is 8.95. The number of hydrogen-bond donors (Lipinski definition) is 7. The molecule has 7 amide bonds. The van der Waals surface area contributed by atoms with Crippen molar-refractivity contribution in [1.29, 1.82) is 0 Å². The first-order valence-corrected chi connectivity index (χ1v) is 18.2. The van der Waals surface area contributed by atoms with Crippen LogP contribution in [0.15, 0.2) is 41.4 Å². The zero-order valence-electron chi connectivity index (χ0n) is 31.5. The number of carbonyl (C=O) groups is 8. The standard InChI is InChI=1S/C36H45N9O9S/c1-8-22-30(49)41-23(9-2)34(52)45(6)16-28(48)38-18(3)33-43-25(17-55-33)31(50)42-24(14-21-13-20-11-10-12-26(54-7)29(20)39-21)32(51)44-36(5,19(4)46)35(53)37-15-27(47)40-22/h9-13,17-18,22,24,39H,8,14-16H2,1-7H3,(H,37,53)(H,38,48)(H,40,47)(H,41,49)(H,42,50)(H,44,51)/b23-9+. The summed E-state index contributed by atoms with van der Waals surface area (Å²) in [6, 6.07) is 3.92. The molecule has 0 fully saturated rings. The van der Waals surface area contributed by atoms with Gasteiger partial charge in [-0.05, 0) is 46.2 Å². The first-order chi connectivity index (χ1) is 26.0. The number of aromatic amines is 1. The predicted octanol–water partition coefficient (Wildman–Crippen LogP) is 0.118. The van der Waals surface area contributed by atoms with E-state index in [1.807, 2.05) is 6.07 Å². The molecule has 4 unspecified atom stereocenters. The van der Waals surface area contributed by atoms with Crippen LogP contribution in [0, 0.1) is 0 Å². The summed E-state index contributed by atoms with van der Waals surface area (Å²) in [5.74, 6) is -5.69. The van der Waals surface area contributed by atoms with Crippen molar-refractivity contribution in [1.82, 2.24) is 46.8 Å². The van der Waals surface area contributed by atoms with Crippen molar-refractivity contribution in [3.8, 4) is 5.75 Å². The van der Waals surface area contributed by atoms with Crippen LogP contribution in [0.5, 0.6) is 5.75 Å². The Labute approximate surface area is 320 Å². The van der Waals surface area contributed by atoms with Gasteiger partial charge in [0.05, 0.1) is 31.8 Å². The molecule has 3 aromatic rings. The number of rotatable bonds is 5. The second-order valence-corrected chi connectivity index (χ2v) is 13.9. The van der Waals surface area contributed by atoms with E-state index in [9.17, 15) is 38.4 Å². The number of thiazole rings is 1. The van der Waals surface area contributed by atoms with E-state index in [1.54, 1.807) is 32.0 Å². The molecular weight excluding hydrogens is 735 g/mol. The summed E-state index contributed by atoms with van der Waals surface area (Å²) >= 11 is 1.07. The number of para-hydroxylation sites is 1. The molecule has 0 saturated heterocycles. The average molecular weight is 780 g/mol. The monoisotopic (exact) mass is 779 g/mol. The Balaban J connectivity index is 1.70. The number of benzene rings is 1. The highest BCUT2D eigenvalue weighted by Gasteiger charge is 2.42. The van der Waals surface area contributed by atoms with Crippen LogP contribution >= 0.6 is 11.3 Å². The molecule has 0 spiro atoms. The maximum absolute atomic E-state index is 14.0. The summed E-state index contributed by atoms with van der Waals surface area (Å²) in [4.78, 5) is 115. The van der Waals surface area contributed by atoms with Crippen LogP contribution in [0.2, 0.25) is 0 Å². The van der Waals surface area contributed by atoms with Gasteiger partial charge in [-0.2, -0.15) is 0 Å². The van der Waals surface area contributed by atoms with Crippen LogP contribution in [0.1, 0.15) is 68.3 Å². The van der Waals surface area contributed by atoms with Gasteiger partial charge in [-0.3, -0.25) is 38.4 Å². The average Bonchev–Trinajstić information content (AvgIpc) is 3.81. The Morgan fingerprint density at radius 2 is 1.78 bits per heavy atom. The van der Waals surface area contributed by atoms with E-state index in [2.05, 4.69) is 41.9 Å². The van der Waals surface area contributed by atoms with Crippen molar-refractivity contribution in [2.75, 3.05) is 27.2 Å². The summed E-state index contributed by atoms with van der Waals surface area (Å²) in [6.07, 6.45) is 1.32. The molecule has 2 bridgehead atoms. The molecule has 19 heteroatoms. The number of nitrogens with one attached hydrogen (secondary N) is 7. The Morgan fingerprint density at radius 1 is 1.05 bits per heavy atom. The van der Waals surface area contributed by atoms with E-state index in [0.29, 0.717) is 22.0 Å². The number of nitrogens with zero attached hydrogens (tertiary/aromatic N) is 2. The van der Waals surface area contributed by atoms with E-state index >= 15 is 0 Å². The molecule has 0 radical (unpaired) electrons. The third-order valence-corrected chi connectivity index (χ3v) is 9.97. The number of carbonyl (C=O) groups excluding carboxylic acids is 8. The zero-order valence-corrected chi connectivity index (χ0v) is 32.3. The molecule has 2 aromatic heterocycles. The van der Waals surface area contributed by atoms with Gasteiger partial charge in [-0.25, -0.2) is 4.98 Å². The smallest absolute Gasteiger partial charge is 0.271 e. The van der Waals surface area contributed by atoms with Crippen molar-refractivity contribution < 1.29 is 43.1 Å². The molecule has 4 rings (SSSR count). The number of ketones is 1. The van der Waals surface area contributed by atoms with E-state index in [0.717, 1.165) is 35.5 Å². The molecule has 7 N–H and O–H groups in total. The summed E-state index contributed by atoms with van der Waals surface area (Å²) in [5.41, 5.74) is -1.27. The minimum absolute atomic E-state index is 0.0732. The molecule has 1 aromatic carbocycles. The number of H-pyrrole nitrogens is 1. The maximum atomic E-state index is 14.0. The molecule has 4 atom stereocenters. The highest BCUT2D eigenvalue weighted by Crippen LogP contribution is 2.26. The van der Waals surface area contributed by atoms with Crippen LogP contribution in [-0.4, -0.2) is 107 Å². The van der Waals surface area contributed by atoms with Crippen molar-refractivity contribution in [3.05, 3.63) is 57.8 Å². The van der Waals surface area contributed by atoms with E-state index in [4.69, 9.17) is 4.74 Å². The predicted molar refractivity (Wildman–Crippen MR) is 200 cm³/mol. The second-order valence-electron chi connectivity index (χ2n) is 13.0. The number of aromatic nitrogens is 2. The fourth-order valence-electron chi connectivity index (χ4n) is 5.60. The second kappa shape index (κ2) is 17.8. The van der Waals surface area contributed by atoms with Gasteiger partial charge >= 0.3 is 0 Å². The number of ether oxygens (including phenoxy) is 1. The van der Waals surface area contributed by atoms with Gasteiger partial charge in [-0.15, -0.1) is 11.3 Å². The Morgan fingerprint density at radius 3 is 2.44 bits per heavy atom. The Kier molecular flexibility index (Phi) is 13.5. The molecule has 294 valence electrons. The van der Waals surface area contributed by atoms with Gasteiger partial charge in [0.1, 0.15) is 34.2 Å². The zero-order chi connectivity index (χ0) is 40.6. The SMILES string of the molecule is C/C=C1/NC(=O)C(CC)NC(=O)CNC(=O)C(C)(C(C)=O)NC(=O)C(Cc2cc3cccc(OC)c3[nH]2)NC(=O)c2csc(n2)C(C)NC(=O)CN(C)C1=O. The molecule has 1 aliphatic rings. The minimum Gasteiger partial charge on any atom is -0.495 e. The lowest BCUT2D eigenvalue weighted by atomic mass is 9.95. The molecular formula is C36H45N9O9S. The van der Waals surface area contributed by atoms with Crippen LogP contribution in [0.4, 0.5) is 0 Å². The lowest BCUT2D eigenvalue weighted by Crippen LogP contribution is -2.65. The fourth-order valence-corrected chi connectivity index (χ4v) is 6.41. The molecule has 55 heavy (non-hydrogen) atoms. The van der Waals surface area contributed by atoms with E-state index in [-0.39, 0.29) is 24.2 Å². The van der Waals surface area contributed by atoms with Crippen LogP contribution < -0.4 is 36.6 Å². The van der Waals surface area contributed by atoms with E-state index in [1.165, 1.54) is 32.5 Å². The molecule has 3 heterocycles. The van der Waals surface area contributed by atoms with Crippen molar-refractivity contribution in [2.45, 2.75) is 71.1 Å². The van der Waals surface area contributed by atoms with Gasteiger partial charge in [0, 0.05) is 29.9 Å². The largest absolute Gasteiger partial charge is 0.495 e. The highest BCUT2D eigenvalue weighted by molar-refractivity contribution is 7.09. The first-order valence-electron chi connectivity index (χ1n) is 17.3. The van der Waals surface area contributed by atoms with Gasteiger partial charge in [0.15, 0.2) is 11.3 Å². The van der Waals surface area contributed by atoms with Crippen LogP contribution in [0.3, 0.4) is 0 Å². The maximum Gasteiger partial charge on any atom is 0.271 e. The molecule has 0 saturated carbocycles. The Bertz CT molecular complexity index is 2040. The van der Waals surface area contributed by atoms with E-state index < -0.39 is 83.9 Å². The third kappa shape index (κ3) is 9.91. The van der Waals surface area contributed by atoms with Gasteiger partial charge < -0.3 is 46.5 Å². The number of fused-ring (bicyclic) bond motifs is 3. The van der Waals surface area contributed by atoms with Crippen LogP contribution in [0.25, 0.3) is 10.9 Å². The summed E-state index contributed by atoms with van der Waals surface area (Å²) in [5, 5.41) is 17.7. The quantitative estimate of drug-likeness (QED) is 0.136. The van der Waals surface area contributed by atoms with Gasteiger partial charge in [0.2, 0.25) is 23.6 Å². The number of allylic oxidation sites excluding steroid dienone is 1. The summed E-state index contributed by atoms with van der Waals surface area (Å²) < 4.78 is 5.44. The number of hydrogen-bond acceptors (Lipinski definition) is 11.